The molecule has 3 rings (SSSR count). The van der Waals surface area contributed by atoms with Crippen molar-refractivity contribution in [3.8, 4) is 0 Å². The lowest BCUT2D eigenvalue weighted by molar-refractivity contribution is -0.156. The molecular formula is C32H48O4SSi. The number of ether oxygens (including phenoxy) is 1. The molecule has 0 aliphatic heterocycles. The lowest BCUT2D eigenvalue weighted by Crippen LogP contribution is -2.63. The summed E-state index contributed by atoms with van der Waals surface area (Å²) in [4.78, 5) is 26.8. The van der Waals surface area contributed by atoms with E-state index in [1.165, 1.54) is 6.92 Å². The topological polar surface area (TPSA) is 60.4 Å². The zero-order valence-electron chi connectivity index (χ0n) is 24.9. The van der Waals surface area contributed by atoms with Crippen LogP contribution in [0.2, 0.25) is 23.2 Å². The predicted octanol–water partition coefficient (Wildman–Crippen LogP) is 7.59. The van der Waals surface area contributed by atoms with E-state index < -0.39 is 18.9 Å². The van der Waals surface area contributed by atoms with Gasteiger partial charge in [-0.3, -0.25) is 13.8 Å². The third-order valence-electron chi connectivity index (χ3n) is 10.3. The standard InChI is InChI=1S/C32H48O4SSi/c1-22-21-28(36-25(4)33)29-23(2)30(34)24(3)32(29,38(8,9)31(5,6)7)27(22)19-15-10-11-16-20-37(35)26-17-13-12-14-18-26/h11-15,17-18,22-24,27-29H,16,19-21H2,1-9H3/t10?,22?,23?,24-,27?,28?,29?,32?,37?/m0/s1. The second-order valence-corrected chi connectivity index (χ2v) is 20.4. The maximum absolute atomic E-state index is 13.8. The first-order chi connectivity index (χ1) is 17.7. The summed E-state index contributed by atoms with van der Waals surface area (Å²) in [5.41, 5.74) is 3.39. The Bertz CT molecular complexity index is 1100. The Balaban J connectivity index is 1.95. The molecule has 0 amide bonds. The number of Topliss-reactive ketones (excluding diaryl/α,β-unsaturated/α-hetero) is 1. The maximum Gasteiger partial charge on any atom is 0.302 e. The summed E-state index contributed by atoms with van der Waals surface area (Å²) in [5, 5.41) is -0.118. The molecule has 0 N–H and O–H groups in total. The van der Waals surface area contributed by atoms with E-state index in [0.717, 1.165) is 17.7 Å². The van der Waals surface area contributed by atoms with Crippen LogP contribution in [0.25, 0.3) is 0 Å². The summed E-state index contributed by atoms with van der Waals surface area (Å²) in [7, 11) is -3.15. The zero-order valence-corrected chi connectivity index (χ0v) is 26.7. The molecule has 2 aliphatic rings. The summed E-state index contributed by atoms with van der Waals surface area (Å²) in [6.45, 7) is 20.0. The average Bonchev–Trinajstić information content (AvgIpc) is 3.04. The van der Waals surface area contributed by atoms with Gasteiger partial charge in [0.05, 0.1) is 18.9 Å². The van der Waals surface area contributed by atoms with Gasteiger partial charge in [0.15, 0.2) is 0 Å². The van der Waals surface area contributed by atoms with Crippen molar-refractivity contribution in [2.75, 3.05) is 5.75 Å². The number of fused-ring (bicyclic) bond motifs is 1. The van der Waals surface area contributed by atoms with Crippen molar-refractivity contribution in [3.63, 3.8) is 0 Å². The van der Waals surface area contributed by atoms with E-state index in [4.69, 9.17) is 4.74 Å². The fourth-order valence-electron chi connectivity index (χ4n) is 7.91. The van der Waals surface area contributed by atoms with Gasteiger partial charge in [0, 0.05) is 35.3 Å². The number of carbonyl (C=O) groups is 2. The molecule has 2 fully saturated rings. The third kappa shape index (κ3) is 5.46. The van der Waals surface area contributed by atoms with Gasteiger partial charge in [-0.05, 0) is 65.5 Å². The largest absolute Gasteiger partial charge is 0.462 e. The molecular weight excluding hydrogens is 509 g/mol. The summed E-state index contributed by atoms with van der Waals surface area (Å²) < 4.78 is 18.5. The van der Waals surface area contributed by atoms with E-state index in [0.29, 0.717) is 29.8 Å². The second kappa shape index (κ2) is 11.8. The van der Waals surface area contributed by atoms with Gasteiger partial charge in [-0.2, -0.15) is 0 Å². The van der Waals surface area contributed by atoms with E-state index in [9.17, 15) is 13.8 Å². The molecule has 0 radical (unpaired) electrons. The molecule has 210 valence electrons. The van der Waals surface area contributed by atoms with Gasteiger partial charge >= 0.3 is 5.97 Å². The summed E-state index contributed by atoms with van der Waals surface area (Å²) >= 11 is 0. The Morgan fingerprint density at radius 1 is 1.16 bits per heavy atom. The quantitative estimate of drug-likeness (QED) is 0.188. The molecule has 8 atom stereocenters. The average molecular weight is 557 g/mol. The molecule has 38 heavy (non-hydrogen) atoms. The minimum Gasteiger partial charge on any atom is -0.462 e. The molecule has 2 aliphatic carbocycles. The van der Waals surface area contributed by atoms with Gasteiger partial charge in [0.2, 0.25) is 0 Å². The Morgan fingerprint density at radius 3 is 2.37 bits per heavy atom. The van der Waals surface area contributed by atoms with Crippen LogP contribution in [0, 0.1) is 29.6 Å². The van der Waals surface area contributed by atoms with Crippen LogP contribution < -0.4 is 0 Å². The fraction of sp³-hybridized carbons (Fsp3) is 0.656. The van der Waals surface area contributed by atoms with Crippen LogP contribution in [-0.4, -0.2) is 35.9 Å². The highest BCUT2D eigenvalue weighted by atomic mass is 32.2. The summed E-state index contributed by atoms with van der Waals surface area (Å²) in [6, 6.07) is 9.59. The van der Waals surface area contributed by atoms with E-state index in [-0.39, 0.29) is 39.9 Å². The van der Waals surface area contributed by atoms with Crippen LogP contribution in [0.4, 0.5) is 0 Å². The zero-order chi connectivity index (χ0) is 28.5. The van der Waals surface area contributed by atoms with Gasteiger partial charge in [-0.1, -0.05) is 72.8 Å². The maximum atomic E-state index is 13.8. The first-order valence-corrected chi connectivity index (χ1v) is 18.5. The van der Waals surface area contributed by atoms with Crippen LogP contribution in [0.5, 0.6) is 0 Å². The summed E-state index contributed by atoms with van der Waals surface area (Å²) in [5.74, 6) is 1.14. The molecule has 0 saturated heterocycles. The van der Waals surface area contributed by atoms with Crippen LogP contribution in [-0.2, 0) is 25.1 Å². The molecule has 2 saturated carbocycles. The molecule has 0 spiro atoms. The van der Waals surface area contributed by atoms with Crippen molar-refractivity contribution in [2.45, 2.75) is 102 Å². The van der Waals surface area contributed by atoms with Gasteiger partial charge < -0.3 is 4.74 Å². The minimum absolute atomic E-state index is 0.0432. The number of benzene rings is 1. The molecule has 1 aromatic carbocycles. The number of hydrogen-bond donors (Lipinski definition) is 0. The highest BCUT2D eigenvalue weighted by molar-refractivity contribution is 7.85. The Hall–Kier alpha value is -1.75. The minimum atomic E-state index is -2.14. The summed E-state index contributed by atoms with van der Waals surface area (Å²) in [6.07, 6.45) is 6.27. The highest BCUT2D eigenvalue weighted by Crippen LogP contribution is 2.74. The van der Waals surface area contributed by atoms with E-state index >= 15 is 0 Å². The van der Waals surface area contributed by atoms with Crippen molar-refractivity contribution in [1.29, 1.82) is 0 Å². The fourth-order valence-corrected chi connectivity index (χ4v) is 14.1. The predicted molar refractivity (Wildman–Crippen MR) is 159 cm³/mol. The number of carbonyl (C=O) groups excluding carboxylic acids is 2. The van der Waals surface area contributed by atoms with Crippen LogP contribution in [0.15, 0.2) is 53.1 Å². The third-order valence-corrected chi connectivity index (χ3v) is 18.8. The highest BCUT2D eigenvalue weighted by Gasteiger charge is 2.72. The SMILES string of the molecule is CC(=O)OC1CC(C)C(CC=C=CCCS(=O)c2ccccc2)C2([Si](C)(C)C(C)(C)C)C1C(C)C(=O)[C@@H]2C. The Morgan fingerprint density at radius 2 is 1.79 bits per heavy atom. The van der Waals surface area contributed by atoms with Crippen LogP contribution >= 0.6 is 0 Å². The first-order valence-electron chi connectivity index (χ1n) is 14.2. The molecule has 1 aromatic rings. The first kappa shape index (κ1) is 30.8. The number of ketones is 1. The molecule has 0 heterocycles. The van der Waals surface area contributed by atoms with Crippen molar-refractivity contribution < 1.29 is 18.5 Å². The molecule has 6 heteroatoms. The van der Waals surface area contributed by atoms with Crippen molar-refractivity contribution in [3.05, 3.63) is 48.2 Å². The molecule has 7 unspecified atom stereocenters. The number of rotatable bonds is 8. The lowest BCUT2D eigenvalue weighted by atomic mass is 9.61. The molecule has 0 bridgehead atoms. The Labute approximate surface area is 234 Å². The normalized spacial score (nSPS) is 32.2. The number of hydrogen-bond acceptors (Lipinski definition) is 4. The second-order valence-electron chi connectivity index (χ2n) is 13.2. The van der Waals surface area contributed by atoms with E-state index in [2.05, 4.69) is 66.4 Å². The lowest BCUT2D eigenvalue weighted by Gasteiger charge is -2.64. The smallest absolute Gasteiger partial charge is 0.302 e. The van der Waals surface area contributed by atoms with Gasteiger partial charge in [0.1, 0.15) is 11.9 Å². The van der Waals surface area contributed by atoms with Crippen molar-refractivity contribution >= 4 is 30.6 Å². The number of esters is 1. The van der Waals surface area contributed by atoms with Crippen molar-refractivity contribution in [1.82, 2.24) is 0 Å². The van der Waals surface area contributed by atoms with E-state index in [1.54, 1.807) is 0 Å². The van der Waals surface area contributed by atoms with Crippen LogP contribution in [0.1, 0.15) is 67.7 Å². The monoisotopic (exact) mass is 556 g/mol. The van der Waals surface area contributed by atoms with Crippen LogP contribution in [0.3, 0.4) is 0 Å². The number of allylic oxidation sites excluding steroid dienone is 1. The van der Waals surface area contributed by atoms with Gasteiger partial charge in [-0.15, -0.1) is 5.73 Å². The Kier molecular flexibility index (Phi) is 9.54. The van der Waals surface area contributed by atoms with Crippen molar-refractivity contribution in [2.24, 2.45) is 29.6 Å². The molecule has 0 aromatic heterocycles. The van der Waals surface area contributed by atoms with E-state index in [1.807, 2.05) is 36.4 Å². The van der Waals surface area contributed by atoms with Gasteiger partial charge in [0.25, 0.3) is 0 Å². The molecule has 4 nitrogen and oxygen atoms in total. The van der Waals surface area contributed by atoms with Gasteiger partial charge in [-0.25, -0.2) is 0 Å².